The van der Waals surface area contributed by atoms with Crippen LogP contribution in [0.3, 0.4) is 0 Å². The van der Waals surface area contributed by atoms with Gasteiger partial charge >= 0.3 is 0 Å². The van der Waals surface area contributed by atoms with E-state index in [2.05, 4.69) is 5.32 Å². The van der Waals surface area contributed by atoms with Crippen LogP contribution < -0.4 is 5.32 Å². The van der Waals surface area contributed by atoms with E-state index < -0.39 is 4.92 Å². The number of anilines is 1. The predicted octanol–water partition coefficient (Wildman–Crippen LogP) is 1.84. The molecule has 0 amide bonds. The molecule has 0 radical (unpaired) electrons. The number of aryl methyl sites for hydroxylation is 1. The first-order chi connectivity index (χ1) is 7.56. The Labute approximate surface area is 93.2 Å². The summed E-state index contributed by atoms with van der Waals surface area (Å²) in [4.78, 5) is 10.5. The Bertz CT molecular complexity index is 427. The van der Waals surface area contributed by atoms with Gasteiger partial charge in [0, 0.05) is 6.07 Å². The van der Waals surface area contributed by atoms with Gasteiger partial charge in [-0.15, -0.1) is 0 Å². The summed E-state index contributed by atoms with van der Waals surface area (Å²) in [5.41, 5.74) is 1.08. The van der Waals surface area contributed by atoms with Crippen molar-refractivity contribution in [2.45, 2.75) is 25.3 Å². The highest BCUT2D eigenvalue weighted by Gasteiger charge is 2.43. The fraction of sp³-hybridized carbons (Fsp3) is 0.455. The molecule has 5 nitrogen and oxygen atoms in total. The van der Waals surface area contributed by atoms with Crippen molar-refractivity contribution in [2.75, 3.05) is 11.9 Å². The highest BCUT2D eigenvalue weighted by atomic mass is 16.6. The zero-order valence-electron chi connectivity index (χ0n) is 9.06. The molecule has 0 saturated heterocycles. The number of nitro groups is 1. The van der Waals surface area contributed by atoms with E-state index in [0.29, 0.717) is 5.69 Å². The first-order valence-electron chi connectivity index (χ1n) is 5.20. The minimum Gasteiger partial charge on any atom is -0.394 e. The molecule has 0 heterocycles. The third kappa shape index (κ3) is 1.99. The van der Waals surface area contributed by atoms with Crippen molar-refractivity contribution >= 4 is 11.4 Å². The molecule has 0 aromatic heterocycles. The zero-order chi connectivity index (χ0) is 11.8. The van der Waals surface area contributed by atoms with Crippen molar-refractivity contribution < 1.29 is 10.0 Å². The molecule has 86 valence electrons. The van der Waals surface area contributed by atoms with Gasteiger partial charge < -0.3 is 10.4 Å². The van der Waals surface area contributed by atoms with Gasteiger partial charge in [0.1, 0.15) is 5.69 Å². The summed E-state index contributed by atoms with van der Waals surface area (Å²) in [6, 6.07) is 5.06. The van der Waals surface area contributed by atoms with E-state index in [-0.39, 0.29) is 17.8 Å². The molecule has 0 spiro atoms. The lowest BCUT2D eigenvalue weighted by atomic mass is 10.1. The van der Waals surface area contributed by atoms with Crippen LogP contribution in [0.5, 0.6) is 0 Å². The van der Waals surface area contributed by atoms with Crippen LogP contribution in [-0.2, 0) is 0 Å². The van der Waals surface area contributed by atoms with Crippen molar-refractivity contribution in [3.8, 4) is 0 Å². The molecule has 2 rings (SSSR count). The number of nitrogens with zero attached hydrogens (tertiary/aromatic N) is 1. The number of benzene rings is 1. The molecule has 1 aliphatic rings. The maximum atomic E-state index is 10.9. The fourth-order valence-corrected chi connectivity index (χ4v) is 1.66. The molecule has 5 heteroatoms. The second kappa shape index (κ2) is 3.75. The smallest absolute Gasteiger partial charge is 0.292 e. The first kappa shape index (κ1) is 10.9. The minimum atomic E-state index is -0.400. The lowest BCUT2D eigenvalue weighted by molar-refractivity contribution is -0.384. The average Bonchev–Trinajstić information content (AvgIpc) is 3.01. The SMILES string of the molecule is Cc1ccc(NC2(CO)CC2)c([N+](=O)[O-])c1. The summed E-state index contributed by atoms with van der Waals surface area (Å²) in [7, 11) is 0. The number of nitrogens with one attached hydrogen (secondary N) is 1. The van der Waals surface area contributed by atoms with Gasteiger partial charge in [0.05, 0.1) is 17.1 Å². The van der Waals surface area contributed by atoms with E-state index in [1.54, 1.807) is 6.07 Å². The van der Waals surface area contributed by atoms with Crippen LogP contribution in [0.15, 0.2) is 18.2 Å². The van der Waals surface area contributed by atoms with Gasteiger partial charge in [0.15, 0.2) is 0 Å². The molecule has 1 fully saturated rings. The maximum Gasteiger partial charge on any atom is 0.292 e. The lowest BCUT2D eigenvalue weighted by Crippen LogP contribution is -2.25. The quantitative estimate of drug-likeness (QED) is 0.602. The summed E-state index contributed by atoms with van der Waals surface area (Å²) in [6.45, 7) is 1.83. The molecule has 1 aliphatic carbocycles. The standard InChI is InChI=1S/C11H14N2O3/c1-8-2-3-9(10(6-8)13(15)16)12-11(7-14)4-5-11/h2-3,6,12,14H,4-5,7H2,1H3. The summed E-state index contributed by atoms with van der Waals surface area (Å²) in [5, 5.41) is 23.1. The molecule has 16 heavy (non-hydrogen) atoms. The van der Waals surface area contributed by atoms with Crippen molar-refractivity contribution in [3.05, 3.63) is 33.9 Å². The zero-order valence-corrected chi connectivity index (χ0v) is 9.06. The molecular weight excluding hydrogens is 208 g/mol. The number of rotatable bonds is 4. The topological polar surface area (TPSA) is 75.4 Å². The Hall–Kier alpha value is -1.62. The second-order valence-corrected chi connectivity index (χ2v) is 4.34. The largest absolute Gasteiger partial charge is 0.394 e. The highest BCUT2D eigenvalue weighted by Crippen LogP contribution is 2.40. The lowest BCUT2D eigenvalue weighted by Gasteiger charge is -2.15. The van der Waals surface area contributed by atoms with Crippen molar-refractivity contribution in [1.82, 2.24) is 0 Å². The number of aliphatic hydroxyl groups is 1. The number of hydrogen-bond acceptors (Lipinski definition) is 4. The van der Waals surface area contributed by atoms with E-state index >= 15 is 0 Å². The molecule has 1 aromatic carbocycles. The molecular formula is C11H14N2O3. The van der Waals surface area contributed by atoms with Gasteiger partial charge in [-0.3, -0.25) is 10.1 Å². The van der Waals surface area contributed by atoms with E-state index in [9.17, 15) is 10.1 Å². The summed E-state index contributed by atoms with van der Waals surface area (Å²) in [5.74, 6) is 0. The normalized spacial score (nSPS) is 16.9. The Kier molecular flexibility index (Phi) is 2.55. The molecule has 0 atom stereocenters. The Morgan fingerprint density at radius 1 is 1.56 bits per heavy atom. The van der Waals surface area contributed by atoms with Crippen LogP contribution >= 0.6 is 0 Å². The van der Waals surface area contributed by atoms with Crippen molar-refractivity contribution in [1.29, 1.82) is 0 Å². The third-order valence-corrected chi connectivity index (χ3v) is 2.91. The number of nitro benzene ring substituents is 1. The molecule has 0 bridgehead atoms. The number of hydrogen-bond donors (Lipinski definition) is 2. The summed E-state index contributed by atoms with van der Waals surface area (Å²) in [6.07, 6.45) is 1.71. The number of aliphatic hydroxyl groups excluding tert-OH is 1. The minimum absolute atomic E-state index is 0.0119. The summed E-state index contributed by atoms with van der Waals surface area (Å²) < 4.78 is 0. The van der Waals surface area contributed by atoms with Gasteiger partial charge in [-0.05, 0) is 31.4 Å². The molecule has 1 aromatic rings. The highest BCUT2D eigenvalue weighted by molar-refractivity contribution is 5.64. The Balaban J connectivity index is 2.29. The van der Waals surface area contributed by atoms with Crippen LogP contribution in [0.2, 0.25) is 0 Å². The second-order valence-electron chi connectivity index (χ2n) is 4.34. The van der Waals surface area contributed by atoms with Crippen LogP contribution in [0.4, 0.5) is 11.4 Å². The van der Waals surface area contributed by atoms with Gasteiger partial charge in [0.2, 0.25) is 0 Å². The van der Waals surface area contributed by atoms with Crippen molar-refractivity contribution in [3.63, 3.8) is 0 Å². The molecule has 2 N–H and O–H groups in total. The van der Waals surface area contributed by atoms with E-state index in [0.717, 1.165) is 18.4 Å². The Morgan fingerprint density at radius 2 is 2.25 bits per heavy atom. The third-order valence-electron chi connectivity index (χ3n) is 2.91. The van der Waals surface area contributed by atoms with Crippen LogP contribution in [0.25, 0.3) is 0 Å². The molecule has 0 unspecified atom stereocenters. The van der Waals surface area contributed by atoms with Gasteiger partial charge in [-0.25, -0.2) is 0 Å². The summed E-state index contributed by atoms with van der Waals surface area (Å²) >= 11 is 0. The molecule has 1 saturated carbocycles. The fourth-order valence-electron chi connectivity index (χ4n) is 1.66. The van der Waals surface area contributed by atoms with Gasteiger partial charge in [0.25, 0.3) is 5.69 Å². The average molecular weight is 222 g/mol. The van der Waals surface area contributed by atoms with Crippen LogP contribution in [0, 0.1) is 17.0 Å². The van der Waals surface area contributed by atoms with Crippen LogP contribution in [0.1, 0.15) is 18.4 Å². The van der Waals surface area contributed by atoms with E-state index in [1.807, 2.05) is 13.0 Å². The monoisotopic (exact) mass is 222 g/mol. The maximum absolute atomic E-state index is 10.9. The molecule has 0 aliphatic heterocycles. The van der Waals surface area contributed by atoms with E-state index in [4.69, 9.17) is 5.11 Å². The predicted molar refractivity (Wildman–Crippen MR) is 60.5 cm³/mol. The Morgan fingerprint density at radius 3 is 2.75 bits per heavy atom. The first-order valence-corrected chi connectivity index (χ1v) is 5.20. The van der Waals surface area contributed by atoms with E-state index in [1.165, 1.54) is 6.07 Å². The van der Waals surface area contributed by atoms with Crippen molar-refractivity contribution in [2.24, 2.45) is 0 Å². The van der Waals surface area contributed by atoms with Gasteiger partial charge in [-0.1, -0.05) is 6.07 Å². The van der Waals surface area contributed by atoms with Gasteiger partial charge in [-0.2, -0.15) is 0 Å². The van der Waals surface area contributed by atoms with Crippen LogP contribution in [-0.4, -0.2) is 22.2 Å².